The highest BCUT2D eigenvalue weighted by Crippen LogP contribution is 2.56. The van der Waals surface area contributed by atoms with Crippen LogP contribution in [0.1, 0.15) is 0 Å². The molecule has 14 aromatic carbocycles. The molecule has 386 valence electrons. The van der Waals surface area contributed by atoms with Gasteiger partial charge in [-0.25, -0.2) is 0 Å². The summed E-state index contributed by atoms with van der Waals surface area (Å²) in [6.07, 6.45) is 3.87. The zero-order valence-corrected chi connectivity index (χ0v) is 45.6. The monoisotopic (exact) mass is 1060 g/mol. The van der Waals surface area contributed by atoms with Crippen molar-refractivity contribution in [2.45, 2.75) is 0 Å². The molecule has 0 bridgehead atoms. The molecule has 0 aliphatic heterocycles. The highest BCUT2D eigenvalue weighted by atomic mass is 14.7. The van der Waals surface area contributed by atoms with Gasteiger partial charge in [-0.15, -0.1) is 0 Å². The third-order valence-electron chi connectivity index (χ3n) is 18.2. The van der Waals surface area contributed by atoms with Crippen LogP contribution in [-0.2, 0) is 0 Å². The van der Waals surface area contributed by atoms with Crippen molar-refractivity contribution in [1.29, 1.82) is 0 Å². The number of aromatic nitrogens is 2. The fourth-order valence-electron chi connectivity index (χ4n) is 14.4. The number of pyridine rings is 2. The first-order chi connectivity index (χ1) is 41.7. The lowest BCUT2D eigenvalue weighted by atomic mass is 9.86. The minimum Gasteiger partial charge on any atom is -0.256 e. The number of hydrogen-bond acceptors (Lipinski definition) is 2. The van der Waals surface area contributed by atoms with Gasteiger partial charge in [-0.05, 0) is 180 Å². The van der Waals surface area contributed by atoms with E-state index in [-0.39, 0.29) is 0 Å². The fraction of sp³-hybridized carbons (Fsp3) is 0. The van der Waals surface area contributed by atoms with Crippen molar-refractivity contribution in [3.05, 3.63) is 291 Å². The van der Waals surface area contributed by atoms with Crippen LogP contribution in [0.15, 0.2) is 291 Å². The first-order valence-electron chi connectivity index (χ1n) is 29.0. The van der Waals surface area contributed by atoms with Gasteiger partial charge in [-0.3, -0.25) is 9.97 Å². The van der Waals surface area contributed by atoms with E-state index in [0.717, 1.165) is 11.4 Å². The van der Waals surface area contributed by atoms with Crippen molar-refractivity contribution in [2.75, 3.05) is 0 Å². The number of hydrogen-bond donors (Lipinski definition) is 0. The Labute approximate surface area is 485 Å². The molecule has 0 N–H and O–H groups in total. The summed E-state index contributed by atoms with van der Waals surface area (Å²) < 4.78 is 0. The van der Waals surface area contributed by atoms with Crippen LogP contribution in [0.3, 0.4) is 0 Å². The van der Waals surface area contributed by atoms with E-state index >= 15 is 0 Å². The number of fused-ring (bicyclic) bond motifs is 14. The second kappa shape index (κ2) is 18.2. The molecule has 2 aliphatic carbocycles. The summed E-state index contributed by atoms with van der Waals surface area (Å²) in [5, 5.41) is 14.9. The number of rotatable bonds is 7. The molecule has 0 fully saturated rings. The van der Waals surface area contributed by atoms with E-state index in [9.17, 15) is 0 Å². The van der Waals surface area contributed by atoms with E-state index in [1.54, 1.807) is 0 Å². The molecule has 2 heteroatoms. The molecule has 0 atom stereocenters. The van der Waals surface area contributed by atoms with Crippen LogP contribution in [0.5, 0.6) is 0 Å². The maximum absolute atomic E-state index is 5.06. The van der Waals surface area contributed by atoms with Crippen molar-refractivity contribution in [3.63, 3.8) is 0 Å². The number of nitrogens with zero attached hydrogens (tertiary/aromatic N) is 2. The Morgan fingerprint density at radius 1 is 0.167 bits per heavy atom. The van der Waals surface area contributed by atoms with E-state index in [2.05, 4.69) is 279 Å². The van der Waals surface area contributed by atoms with Crippen molar-refractivity contribution >= 4 is 64.6 Å². The second-order valence-electron chi connectivity index (χ2n) is 22.6. The Morgan fingerprint density at radius 2 is 0.476 bits per heavy atom. The van der Waals surface area contributed by atoms with Gasteiger partial charge < -0.3 is 0 Å². The molecule has 2 nitrogen and oxygen atoms in total. The Balaban J connectivity index is 0.786. The molecule has 2 aliphatic rings. The van der Waals surface area contributed by atoms with Gasteiger partial charge in [0.2, 0.25) is 0 Å². The minimum absolute atomic E-state index is 1.05. The lowest BCUT2D eigenvalue weighted by Gasteiger charge is -2.17. The van der Waals surface area contributed by atoms with E-state index < -0.39 is 0 Å². The highest BCUT2D eigenvalue weighted by Gasteiger charge is 2.30. The van der Waals surface area contributed by atoms with Gasteiger partial charge in [0, 0.05) is 56.5 Å². The third kappa shape index (κ3) is 6.98. The lowest BCUT2D eigenvalue weighted by Crippen LogP contribution is -1.90. The standard InChI is InChI=1S/C82H48N2/c1-5-15-49(16-6-1)57-33-35-61-69(43-57)67(45-73-63-39-37-59(53-19-9-3-10-20-53)77-65-23-13-41-83-81(65)75(79(63)77)47-71(61)73)55-29-25-51(26-30-55)52-27-31-56(32-28-52)68-46-74-64-40-38-60(54-21-11-4-12-22-54)78-66-24-14-42-84-82(66)76(80(64)78)48-72(74)62-36-34-58(44-70(62)68)50-17-7-2-8-18-50/h1-48H. The second-order valence-corrected chi connectivity index (χ2v) is 22.6. The summed E-state index contributed by atoms with van der Waals surface area (Å²) in [6, 6.07) is 103. The predicted molar refractivity (Wildman–Crippen MR) is 354 cm³/mol. The Kier molecular flexibility index (Phi) is 10.1. The summed E-state index contributed by atoms with van der Waals surface area (Å²) >= 11 is 0. The van der Waals surface area contributed by atoms with Crippen LogP contribution >= 0.6 is 0 Å². The van der Waals surface area contributed by atoms with Crippen molar-refractivity contribution in [2.24, 2.45) is 0 Å². The maximum Gasteiger partial charge on any atom is 0.0787 e. The minimum atomic E-state index is 1.05. The van der Waals surface area contributed by atoms with Gasteiger partial charge in [0.1, 0.15) is 0 Å². The molecule has 16 aromatic rings. The SMILES string of the molecule is c1ccc(-c2ccc3c(c2)c(-c2ccc(-c4ccc(-c5cc6c7ccc(-c8ccccc8)c8c7c(cc6c6ccc(-c7ccccc7)cc56)-c5ncccc5-8)cc4)cc2)cc2c4ccc(-c5ccccc5)c5c4c(cc32)-c2ncccc2-5)cc1. The summed E-state index contributed by atoms with van der Waals surface area (Å²) in [6.45, 7) is 0. The average molecular weight is 1060 g/mol. The summed E-state index contributed by atoms with van der Waals surface area (Å²) in [5.41, 5.74) is 26.3. The van der Waals surface area contributed by atoms with Crippen LogP contribution in [0, 0.1) is 0 Å². The molecule has 0 unspecified atom stereocenters. The van der Waals surface area contributed by atoms with Crippen molar-refractivity contribution in [1.82, 2.24) is 9.97 Å². The Morgan fingerprint density at radius 3 is 0.881 bits per heavy atom. The van der Waals surface area contributed by atoms with Gasteiger partial charge in [0.25, 0.3) is 0 Å². The lowest BCUT2D eigenvalue weighted by molar-refractivity contribution is 1.35. The number of benzene rings is 14. The van der Waals surface area contributed by atoms with Gasteiger partial charge in [-0.2, -0.15) is 0 Å². The third-order valence-corrected chi connectivity index (χ3v) is 18.2. The first kappa shape index (κ1) is 46.7. The zero-order chi connectivity index (χ0) is 55.0. The molecule has 0 radical (unpaired) electrons. The highest BCUT2D eigenvalue weighted by molar-refractivity contribution is 6.32. The molecular weight excluding hydrogens is 1010 g/mol. The Bertz CT molecular complexity index is 5080. The van der Waals surface area contributed by atoms with Crippen LogP contribution < -0.4 is 0 Å². The van der Waals surface area contributed by atoms with Gasteiger partial charge >= 0.3 is 0 Å². The summed E-state index contributed by atoms with van der Waals surface area (Å²) in [4.78, 5) is 10.1. The fourth-order valence-corrected chi connectivity index (χ4v) is 14.4. The zero-order valence-electron chi connectivity index (χ0n) is 45.6. The van der Waals surface area contributed by atoms with Gasteiger partial charge in [0.05, 0.1) is 11.4 Å². The molecule has 0 saturated carbocycles. The molecule has 2 heterocycles. The molecule has 18 rings (SSSR count). The maximum atomic E-state index is 5.06. The smallest absolute Gasteiger partial charge is 0.0787 e. The van der Waals surface area contributed by atoms with E-state index in [0.29, 0.717) is 0 Å². The Hall–Kier alpha value is -11.1. The van der Waals surface area contributed by atoms with Crippen molar-refractivity contribution < 1.29 is 0 Å². The molecule has 0 saturated heterocycles. The normalized spacial score (nSPS) is 12.0. The topological polar surface area (TPSA) is 25.8 Å². The molecule has 0 spiro atoms. The quantitative estimate of drug-likeness (QED) is 0.149. The summed E-state index contributed by atoms with van der Waals surface area (Å²) in [7, 11) is 0. The molecule has 0 amide bonds. The predicted octanol–water partition coefficient (Wildman–Crippen LogP) is 22.4. The molecular formula is C82H48N2. The van der Waals surface area contributed by atoms with Crippen LogP contribution in [0.2, 0.25) is 0 Å². The first-order valence-corrected chi connectivity index (χ1v) is 29.0. The van der Waals surface area contributed by atoms with E-state index in [1.165, 1.54) is 176 Å². The van der Waals surface area contributed by atoms with E-state index in [1.807, 2.05) is 12.4 Å². The van der Waals surface area contributed by atoms with Gasteiger partial charge in [0.15, 0.2) is 0 Å². The summed E-state index contributed by atoms with van der Waals surface area (Å²) in [5.74, 6) is 0. The molecule has 84 heavy (non-hydrogen) atoms. The van der Waals surface area contributed by atoms with Crippen LogP contribution in [-0.4, -0.2) is 9.97 Å². The molecule has 2 aromatic heterocycles. The van der Waals surface area contributed by atoms with Crippen molar-refractivity contribution in [3.8, 4) is 123 Å². The largest absolute Gasteiger partial charge is 0.256 e. The van der Waals surface area contributed by atoms with Crippen LogP contribution in [0.4, 0.5) is 0 Å². The van der Waals surface area contributed by atoms with E-state index in [4.69, 9.17) is 9.97 Å². The van der Waals surface area contributed by atoms with Gasteiger partial charge in [-0.1, -0.05) is 231 Å². The average Bonchev–Trinajstić information content (AvgIpc) is 3.29. The van der Waals surface area contributed by atoms with Crippen LogP contribution in [0.25, 0.3) is 187 Å².